The van der Waals surface area contributed by atoms with E-state index in [4.69, 9.17) is 4.42 Å². The fourth-order valence-corrected chi connectivity index (χ4v) is 2.93. The zero-order valence-electron chi connectivity index (χ0n) is 13.9. The first-order valence-electron chi connectivity index (χ1n) is 8.19. The number of furan rings is 1. The van der Waals surface area contributed by atoms with Crippen molar-refractivity contribution in [3.05, 3.63) is 89.8 Å². The van der Waals surface area contributed by atoms with E-state index in [0.29, 0.717) is 17.8 Å². The summed E-state index contributed by atoms with van der Waals surface area (Å²) >= 11 is 0. The number of aryl methyl sites for hydroxylation is 1. The Bertz CT molecular complexity index is 1010. The van der Waals surface area contributed by atoms with E-state index in [2.05, 4.69) is 36.5 Å². The van der Waals surface area contributed by atoms with Crippen LogP contribution >= 0.6 is 0 Å². The molecule has 4 heteroatoms. The van der Waals surface area contributed by atoms with Crippen molar-refractivity contribution in [2.24, 2.45) is 0 Å². The number of anilines is 1. The van der Waals surface area contributed by atoms with Crippen LogP contribution < -0.4 is 5.32 Å². The van der Waals surface area contributed by atoms with Crippen LogP contribution in [0, 0.1) is 6.92 Å². The number of para-hydroxylation sites is 1. The summed E-state index contributed by atoms with van der Waals surface area (Å²) in [6, 6.07) is 21.5. The van der Waals surface area contributed by atoms with E-state index in [1.54, 1.807) is 12.3 Å². The molecule has 2 heterocycles. The van der Waals surface area contributed by atoms with E-state index in [1.807, 2.05) is 41.0 Å². The first-order valence-corrected chi connectivity index (χ1v) is 8.19. The van der Waals surface area contributed by atoms with Gasteiger partial charge in [-0.15, -0.1) is 0 Å². The Hall–Kier alpha value is -3.27. The van der Waals surface area contributed by atoms with Crippen molar-refractivity contribution >= 4 is 22.7 Å². The van der Waals surface area contributed by atoms with Crippen LogP contribution in [0.5, 0.6) is 0 Å². The van der Waals surface area contributed by atoms with Crippen LogP contribution in [0.4, 0.5) is 5.69 Å². The first-order chi connectivity index (χ1) is 12.2. The minimum atomic E-state index is -0.148. The highest BCUT2D eigenvalue weighted by Crippen LogP contribution is 2.23. The summed E-state index contributed by atoms with van der Waals surface area (Å²) in [7, 11) is 0. The third kappa shape index (κ3) is 3.06. The van der Waals surface area contributed by atoms with E-state index in [0.717, 1.165) is 16.8 Å². The van der Waals surface area contributed by atoms with E-state index in [-0.39, 0.29) is 5.91 Å². The van der Waals surface area contributed by atoms with Crippen LogP contribution in [-0.4, -0.2) is 10.5 Å². The van der Waals surface area contributed by atoms with Gasteiger partial charge in [-0.05, 0) is 24.6 Å². The highest BCUT2D eigenvalue weighted by atomic mass is 16.3. The van der Waals surface area contributed by atoms with Gasteiger partial charge >= 0.3 is 0 Å². The first kappa shape index (κ1) is 15.3. The molecule has 25 heavy (non-hydrogen) atoms. The molecule has 0 aliphatic heterocycles. The van der Waals surface area contributed by atoms with Crippen LogP contribution in [0.15, 0.2) is 77.4 Å². The quantitative estimate of drug-likeness (QED) is 0.582. The maximum Gasteiger partial charge on any atom is 0.272 e. The van der Waals surface area contributed by atoms with Gasteiger partial charge in [-0.2, -0.15) is 0 Å². The number of carbonyl (C=O) groups is 1. The number of amides is 1. The van der Waals surface area contributed by atoms with Crippen LogP contribution in [0.1, 0.15) is 21.6 Å². The van der Waals surface area contributed by atoms with Gasteiger partial charge in [0, 0.05) is 24.4 Å². The Morgan fingerprint density at radius 1 is 1.04 bits per heavy atom. The fraction of sp³-hybridized carbons (Fsp3) is 0.0952. The molecule has 2 aromatic carbocycles. The molecule has 0 fully saturated rings. The predicted octanol–water partition coefficient (Wildman–Crippen LogP) is 4.84. The number of fused-ring (bicyclic) bond motifs is 1. The van der Waals surface area contributed by atoms with Crippen molar-refractivity contribution in [3.8, 4) is 0 Å². The molecule has 0 saturated carbocycles. The van der Waals surface area contributed by atoms with E-state index < -0.39 is 0 Å². The Balaban J connectivity index is 1.69. The van der Waals surface area contributed by atoms with Crippen LogP contribution in [0.2, 0.25) is 0 Å². The molecule has 0 aliphatic rings. The number of rotatable bonds is 4. The molecule has 0 saturated heterocycles. The second-order valence-electron chi connectivity index (χ2n) is 6.09. The lowest BCUT2D eigenvalue weighted by atomic mass is 10.1. The van der Waals surface area contributed by atoms with Gasteiger partial charge in [-0.3, -0.25) is 4.79 Å². The standard InChI is InChI=1S/C21H18N2O2/c1-15-7-9-16(10-8-15)14-23-18-11-12-25-20(18)13-19(23)21(24)22-17-5-3-2-4-6-17/h2-13H,14H2,1H3,(H,22,24). The number of benzene rings is 2. The van der Waals surface area contributed by atoms with Gasteiger partial charge in [0.05, 0.1) is 11.8 Å². The van der Waals surface area contributed by atoms with Gasteiger partial charge < -0.3 is 14.3 Å². The van der Waals surface area contributed by atoms with E-state index >= 15 is 0 Å². The second-order valence-corrected chi connectivity index (χ2v) is 6.09. The molecule has 2 aromatic heterocycles. The van der Waals surface area contributed by atoms with Gasteiger partial charge in [-0.1, -0.05) is 48.0 Å². The average Bonchev–Trinajstić information content (AvgIpc) is 3.20. The molecular weight excluding hydrogens is 312 g/mol. The Labute approximate surface area is 145 Å². The van der Waals surface area contributed by atoms with E-state index in [1.165, 1.54) is 5.56 Å². The average molecular weight is 330 g/mol. The molecule has 124 valence electrons. The maximum atomic E-state index is 12.8. The lowest BCUT2D eigenvalue weighted by molar-refractivity contribution is 0.101. The SMILES string of the molecule is Cc1ccc(Cn2c(C(=O)Nc3ccccc3)cc3occc32)cc1. The maximum absolute atomic E-state index is 12.8. The van der Waals surface area contributed by atoms with Crippen molar-refractivity contribution in [3.63, 3.8) is 0 Å². The van der Waals surface area contributed by atoms with Gasteiger partial charge in [-0.25, -0.2) is 0 Å². The zero-order valence-corrected chi connectivity index (χ0v) is 13.9. The zero-order chi connectivity index (χ0) is 17.2. The van der Waals surface area contributed by atoms with Crippen molar-refractivity contribution in [2.75, 3.05) is 5.32 Å². The summed E-state index contributed by atoms with van der Waals surface area (Å²) in [5.41, 5.74) is 5.33. The van der Waals surface area contributed by atoms with Crippen molar-refractivity contribution in [2.45, 2.75) is 13.5 Å². The van der Waals surface area contributed by atoms with E-state index in [9.17, 15) is 4.79 Å². The summed E-state index contributed by atoms with van der Waals surface area (Å²) in [6.07, 6.45) is 1.65. The normalized spacial score (nSPS) is 10.9. The minimum absolute atomic E-state index is 0.148. The molecule has 0 unspecified atom stereocenters. The molecule has 4 aromatic rings. The van der Waals surface area contributed by atoms with Crippen LogP contribution in [0.25, 0.3) is 11.1 Å². The highest BCUT2D eigenvalue weighted by Gasteiger charge is 2.17. The summed E-state index contributed by atoms with van der Waals surface area (Å²) in [4.78, 5) is 12.8. The number of carbonyl (C=O) groups excluding carboxylic acids is 1. The van der Waals surface area contributed by atoms with Gasteiger partial charge in [0.1, 0.15) is 5.69 Å². The molecule has 1 N–H and O–H groups in total. The molecule has 0 atom stereocenters. The Morgan fingerprint density at radius 2 is 1.80 bits per heavy atom. The molecule has 4 rings (SSSR count). The Morgan fingerprint density at radius 3 is 2.56 bits per heavy atom. The lowest BCUT2D eigenvalue weighted by Gasteiger charge is -2.11. The molecule has 1 amide bonds. The lowest BCUT2D eigenvalue weighted by Crippen LogP contribution is -2.17. The Kier molecular flexibility index (Phi) is 3.86. The highest BCUT2D eigenvalue weighted by molar-refractivity contribution is 6.05. The minimum Gasteiger partial charge on any atom is -0.463 e. The number of nitrogens with zero attached hydrogens (tertiary/aromatic N) is 1. The molecule has 4 nitrogen and oxygen atoms in total. The topological polar surface area (TPSA) is 47.2 Å². The number of hydrogen-bond acceptors (Lipinski definition) is 2. The largest absolute Gasteiger partial charge is 0.463 e. The van der Waals surface area contributed by atoms with Gasteiger partial charge in [0.2, 0.25) is 0 Å². The van der Waals surface area contributed by atoms with Crippen LogP contribution in [-0.2, 0) is 6.54 Å². The molecule has 0 spiro atoms. The third-order valence-corrected chi connectivity index (χ3v) is 4.25. The molecule has 0 bridgehead atoms. The third-order valence-electron chi connectivity index (χ3n) is 4.25. The fourth-order valence-electron chi connectivity index (χ4n) is 2.93. The summed E-state index contributed by atoms with van der Waals surface area (Å²) in [6.45, 7) is 2.67. The van der Waals surface area contributed by atoms with Crippen molar-refractivity contribution in [1.29, 1.82) is 0 Å². The number of nitrogens with one attached hydrogen (secondary N) is 1. The predicted molar refractivity (Wildman–Crippen MR) is 98.9 cm³/mol. The molecular formula is C21H18N2O2. The molecule has 0 aliphatic carbocycles. The summed E-state index contributed by atoms with van der Waals surface area (Å²) < 4.78 is 7.48. The molecule has 0 radical (unpaired) electrons. The smallest absolute Gasteiger partial charge is 0.272 e. The second kappa shape index (κ2) is 6.32. The summed E-state index contributed by atoms with van der Waals surface area (Å²) in [5, 5.41) is 2.94. The van der Waals surface area contributed by atoms with Crippen molar-refractivity contribution < 1.29 is 9.21 Å². The van der Waals surface area contributed by atoms with Gasteiger partial charge in [0.15, 0.2) is 5.58 Å². The summed E-state index contributed by atoms with van der Waals surface area (Å²) in [5.74, 6) is -0.148. The monoisotopic (exact) mass is 330 g/mol. The van der Waals surface area contributed by atoms with Crippen molar-refractivity contribution in [1.82, 2.24) is 4.57 Å². The number of aromatic nitrogens is 1. The number of hydrogen-bond donors (Lipinski definition) is 1. The van der Waals surface area contributed by atoms with Gasteiger partial charge in [0.25, 0.3) is 5.91 Å². The van der Waals surface area contributed by atoms with Crippen LogP contribution in [0.3, 0.4) is 0 Å².